The molecule has 1 N–H and O–H groups in total. The monoisotopic (exact) mass is 407 g/mol. The number of aromatic nitrogens is 5. The Hall–Kier alpha value is -3.53. The minimum absolute atomic E-state index is 0.0132. The highest BCUT2D eigenvalue weighted by molar-refractivity contribution is 7.22. The molecule has 3 heterocycles. The summed E-state index contributed by atoms with van der Waals surface area (Å²) in [6.45, 7) is 1.32. The average molecular weight is 407 g/mol. The number of fused-ring (bicyclic) bond motifs is 1. The highest BCUT2D eigenvalue weighted by Gasteiger charge is 2.34. The fraction of sp³-hybridized carbons (Fsp3) is 0.211. The SMILES string of the molecule is COc1ccc2nc(N3CC(C(=O)Nc4ccc(-n5cnnn5)cc4)C3)sc2c1. The van der Waals surface area contributed by atoms with Gasteiger partial charge in [0.25, 0.3) is 0 Å². The van der Waals surface area contributed by atoms with Crippen molar-refractivity contribution in [2.24, 2.45) is 5.92 Å². The summed E-state index contributed by atoms with van der Waals surface area (Å²) in [7, 11) is 1.65. The van der Waals surface area contributed by atoms with Crippen molar-refractivity contribution in [2.45, 2.75) is 0 Å². The third-order valence-corrected chi connectivity index (χ3v) is 5.93. The van der Waals surface area contributed by atoms with E-state index in [0.717, 1.165) is 32.5 Å². The maximum absolute atomic E-state index is 12.5. The number of carbonyl (C=O) groups excluding carboxylic acids is 1. The van der Waals surface area contributed by atoms with Crippen molar-refractivity contribution in [2.75, 3.05) is 30.4 Å². The van der Waals surface area contributed by atoms with Gasteiger partial charge in [0, 0.05) is 18.8 Å². The van der Waals surface area contributed by atoms with Crippen LogP contribution in [0.4, 0.5) is 10.8 Å². The number of hydrogen-bond donors (Lipinski definition) is 1. The van der Waals surface area contributed by atoms with Gasteiger partial charge in [-0.1, -0.05) is 11.3 Å². The standard InChI is InChI=1S/C19H17N7O2S/c1-28-15-6-7-16-17(8-15)29-19(22-16)25-9-12(10-25)18(27)21-13-2-4-14(5-3-13)26-11-20-23-24-26/h2-8,11-12H,9-10H2,1H3,(H,21,27). The van der Waals surface area contributed by atoms with Crippen LogP contribution >= 0.6 is 11.3 Å². The molecule has 5 rings (SSSR count). The molecule has 10 heteroatoms. The Balaban J connectivity index is 1.20. The first-order valence-electron chi connectivity index (χ1n) is 9.03. The van der Waals surface area contributed by atoms with Gasteiger partial charge in [0.15, 0.2) is 5.13 Å². The first-order valence-corrected chi connectivity index (χ1v) is 9.85. The molecule has 1 aliphatic rings. The molecule has 1 aliphatic heterocycles. The topological polar surface area (TPSA) is 98.1 Å². The summed E-state index contributed by atoms with van der Waals surface area (Å²) >= 11 is 1.61. The molecular weight excluding hydrogens is 390 g/mol. The molecule has 0 radical (unpaired) electrons. The number of anilines is 2. The molecule has 1 saturated heterocycles. The average Bonchev–Trinajstić information content (AvgIpc) is 3.36. The van der Waals surface area contributed by atoms with Crippen LogP contribution in [0.15, 0.2) is 48.8 Å². The lowest BCUT2D eigenvalue weighted by molar-refractivity contribution is -0.120. The van der Waals surface area contributed by atoms with Gasteiger partial charge in [0.2, 0.25) is 5.91 Å². The number of ether oxygens (including phenoxy) is 1. The Kier molecular flexibility index (Phi) is 4.32. The van der Waals surface area contributed by atoms with Crippen molar-refractivity contribution in [3.8, 4) is 11.4 Å². The molecule has 9 nitrogen and oxygen atoms in total. The van der Waals surface area contributed by atoms with Gasteiger partial charge >= 0.3 is 0 Å². The summed E-state index contributed by atoms with van der Waals surface area (Å²) < 4.78 is 7.90. The molecular formula is C19H17N7O2S. The molecule has 29 heavy (non-hydrogen) atoms. The molecule has 0 bridgehead atoms. The van der Waals surface area contributed by atoms with Gasteiger partial charge in [-0.25, -0.2) is 9.67 Å². The van der Waals surface area contributed by atoms with Crippen LogP contribution in [-0.4, -0.2) is 51.3 Å². The smallest absolute Gasteiger partial charge is 0.231 e. The largest absolute Gasteiger partial charge is 0.497 e. The fourth-order valence-electron chi connectivity index (χ4n) is 3.18. The Morgan fingerprint density at radius 3 is 2.76 bits per heavy atom. The van der Waals surface area contributed by atoms with Crippen LogP contribution in [0.2, 0.25) is 0 Å². The summed E-state index contributed by atoms with van der Waals surface area (Å²) in [4.78, 5) is 19.3. The van der Waals surface area contributed by atoms with Crippen LogP contribution in [0.25, 0.3) is 15.9 Å². The predicted molar refractivity (Wildman–Crippen MR) is 110 cm³/mol. The Morgan fingerprint density at radius 2 is 2.03 bits per heavy atom. The number of amides is 1. The van der Waals surface area contributed by atoms with E-state index in [-0.39, 0.29) is 11.8 Å². The highest BCUT2D eigenvalue weighted by atomic mass is 32.1. The minimum Gasteiger partial charge on any atom is -0.497 e. The van der Waals surface area contributed by atoms with Crippen LogP contribution in [-0.2, 0) is 4.79 Å². The summed E-state index contributed by atoms with van der Waals surface area (Å²) in [6.07, 6.45) is 1.52. The van der Waals surface area contributed by atoms with E-state index in [1.807, 2.05) is 42.5 Å². The molecule has 0 spiro atoms. The second-order valence-electron chi connectivity index (χ2n) is 6.72. The van der Waals surface area contributed by atoms with E-state index in [4.69, 9.17) is 4.74 Å². The van der Waals surface area contributed by atoms with Gasteiger partial charge in [0.05, 0.1) is 28.9 Å². The number of nitrogens with zero attached hydrogens (tertiary/aromatic N) is 6. The Labute approximate surface area is 169 Å². The maximum Gasteiger partial charge on any atom is 0.231 e. The second kappa shape index (κ2) is 7.13. The Bertz CT molecular complexity index is 1150. The third-order valence-electron chi connectivity index (χ3n) is 4.86. The molecule has 2 aromatic heterocycles. The summed E-state index contributed by atoms with van der Waals surface area (Å²) in [6, 6.07) is 13.2. The van der Waals surface area contributed by atoms with Crippen LogP contribution in [0, 0.1) is 5.92 Å². The number of methoxy groups -OCH3 is 1. The molecule has 0 unspecified atom stereocenters. The lowest BCUT2D eigenvalue weighted by Crippen LogP contribution is -2.52. The van der Waals surface area contributed by atoms with Crippen molar-refractivity contribution in [3.05, 3.63) is 48.8 Å². The molecule has 1 fully saturated rings. The van der Waals surface area contributed by atoms with E-state index >= 15 is 0 Å². The van der Waals surface area contributed by atoms with Crippen LogP contribution in [0.3, 0.4) is 0 Å². The molecule has 2 aromatic carbocycles. The number of benzene rings is 2. The molecule has 4 aromatic rings. The van der Waals surface area contributed by atoms with Gasteiger partial charge in [-0.3, -0.25) is 4.79 Å². The van der Waals surface area contributed by atoms with E-state index in [0.29, 0.717) is 13.1 Å². The van der Waals surface area contributed by atoms with Crippen molar-refractivity contribution in [3.63, 3.8) is 0 Å². The number of hydrogen-bond acceptors (Lipinski definition) is 8. The number of nitrogens with one attached hydrogen (secondary N) is 1. The van der Waals surface area contributed by atoms with Crippen molar-refractivity contribution in [1.82, 2.24) is 25.2 Å². The van der Waals surface area contributed by atoms with E-state index in [2.05, 4.69) is 30.7 Å². The van der Waals surface area contributed by atoms with Gasteiger partial charge in [-0.05, 0) is 52.9 Å². The molecule has 146 valence electrons. The fourth-order valence-corrected chi connectivity index (χ4v) is 4.19. The predicted octanol–water partition coefficient (Wildman–Crippen LogP) is 2.36. The number of thiazole rings is 1. The van der Waals surface area contributed by atoms with Crippen molar-refractivity contribution >= 4 is 38.3 Å². The quantitative estimate of drug-likeness (QED) is 0.542. The minimum atomic E-state index is -0.0595. The number of carbonyl (C=O) groups is 1. The van der Waals surface area contributed by atoms with E-state index in [1.54, 1.807) is 23.1 Å². The van der Waals surface area contributed by atoms with Gasteiger partial charge in [-0.15, -0.1) is 5.10 Å². The summed E-state index contributed by atoms with van der Waals surface area (Å²) in [5.41, 5.74) is 2.52. The number of tetrazole rings is 1. The summed E-state index contributed by atoms with van der Waals surface area (Å²) in [5.74, 6) is 0.773. The zero-order valence-corrected chi connectivity index (χ0v) is 16.3. The second-order valence-corrected chi connectivity index (χ2v) is 7.73. The van der Waals surface area contributed by atoms with Crippen molar-refractivity contribution < 1.29 is 9.53 Å². The van der Waals surface area contributed by atoms with E-state index in [1.165, 1.54) is 6.33 Å². The van der Waals surface area contributed by atoms with Crippen molar-refractivity contribution in [1.29, 1.82) is 0 Å². The molecule has 0 aliphatic carbocycles. The lowest BCUT2D eigenvalue weighted by atomic mass is 10.00. The van der Waals surface area contributed by atoms with E-state index < -0.39 is 0 Å². The van der Waals surface area contributed by atoms with Crippen LogP contribution < -0.4 is 15.0 Å². The normalized spacial score (nSPS) is 14.0. The first kappa shape index (κ1) is 17.6. The van der Waals surface area contributed by atoms with Gasteiger partial charge in [0.1, 0.15) is 12.1 Å². The van der Waals surface area contributed by atoms with Crippen LogP contribution in [0.1, 0.15) is 0 Å². The molecule has 1 amide bonds. The lowest BCUT2D eigenvalue weighted by Gasteiger charge is -2.37. The Morgan fingerprint density at radius 1 is 1.21 bits per heavy atom. The van der Waals surface area contributed by atoms with E-state index in [9.17, 15) is 4.79 Å². The maximum atomic E-state index is 12.5. The molecule has 0 saturated carbocycles. The summed E-state index contributed by atoms with van der Waals surface area (Å²) in [5, 5.41) is 15.0. The first-order chi connectivity index (χ1) is 14.2. The zero-order valence-electron chi connectivity index (χ0n) is 15.5. The van der Waals surface area contributed by atoms with Gasteiger partial charge in [-0.2, -0.15) is 0 Å². The third kappa shape index (κ3) is 3.38. The van der Waals surface area contributed by atoms with Crippen LogP contribution in [0.5, 0.6) is 5.75 Å². The highest BCUT2D eigenvalue weighted by Crippen LogP contribution is 2.34. The number of rotatable bonds is 5. The zero-order chi connectivity index (χ0) is 19.8. The molecule has 0 atom stereocenters. The van der Waals surface area contributed by atoms with Gasteiger partial charge < -0.3 is 15.0 Å².